The van der Waals surface area contributed by atoms with Gasteiger partial charge >= 0.3 is 0 Å². The van der Waals surface area contributed by atoms with Crippen LogP contribution in [0.25, 0.3) is 0 Å². The molecule has 4 nitrogen and oxygen atoms in total. The summed E-state index contributed by atoms with van der Waals surface area (Å²) in [4.78, 5) is 0. The maximum absolute atomic E-state index is 5.63. The lowest BCUT2D eigenvalue weighted by molar-refractivity contribution is 0.963. The third-order valence-electron chi connectivity index (χ3n) is 1.54. The first-order valence-corrected chi connectivity index (χ1v) is 6.33. The lowest BCUT2D eigenvalue weighted by Gasteiger charge is -1.95. The zero-order valence-corrected chi connectivity index (χ0v) is 10.2. The van der Waals surface area contributed by atoms with E-state index >= 15 is 0 Å². The van der Waals surface area contributed by atoms with Gasteiger partial charge in [-0.1, -0.05) is 34.7 Å². The Morgan fingerprint density at radius 3 is 2.73 bits per heavy atom. The van der Waals surface area contributed by atoms with Crippen LogP contribution < -0.4 is 0 Å². The van der Waals surface area contributed by atoms with Crippen molar-refractivity contribution in [1.29, 1.82) is 0 Å². The van der Waals surface area contributed by atoms with Crippen molar-refractivity contribution in [2.75, 3.05) is 0 Å². The fourth-order valence-corrected chi connectivity index (χ4v) is 2.71. The van der Waals surface area contributed by atoms with Gasteiger partial charge in [-0.15, -0.1) is 15.3 Å². The first-order valence-electron chi connectivity index (χ1n) is 4.15. The van der Waals surface area contributed by atoms with E-state index in [1.165, 1.54) is 0 Å². The summed E-state index contributed by atoms with van der Waals surface area (Å²) in [5.74, 6) is 0.735. The molecule has 0 aromatic carbocycles. The van der Waals surface area contributed by atoms with Gasteiger partial charge in [0, 0.05) is 5.75 Å². The van der Waals surface area contributed by atoms with E-state index in [9.17, 15) is 0 Å². The van der Waals surface area contributed by atoms with Gasteiger partial charge in [0.1, 0.15) is 5.01 Å². The zero-order chi connectivity index (χ0) is 10.7. The van der Waals surface area contributed by atoms with E-state index in [1.807, 2.05) is 13.0 Å². The third-order valence-corrected chi connectivity index (χ3v) is 3.75. The van der Waals surface area contributed by atoms with E-state index in [-0.39, 0.29) is 0 Å². The van der Waals surface area contributed by atoms with E-state index in [0.717, 1.165) is 20.8 Å². The van der Waals surface area contributed by atoms with E-state index in [0.29, 0.717) is 5.15 Å². The minimum Gasteiger partial charge on any atom is -0.153 e. The number of rotatable bonds is 3. The number of nitrogens with zero attached hydrogens (tertiary/aromatic N) is 4. The molecule has 0 atom stereocenters. The van der Waals surface area contributed by atoms with Crippen molar-refractivity contribution in [2.45, 2.75) is 17.0 Å². The Kier molecular flexibility index (Phi) is 3.50. The highest BCUT2D eigenvalue weighted by Gasteiger charge is 2.03. The molecule has 2 heterocycles. The largest absolute Gasteiger partial charge is 0.174 e. The Hall–Kier alpha value is -0.720. The first-order chi connectivity index (χ1) is 7.24. The van der Waals surface area contributed by atoms with Crippen molar-refractivity contribution in [2.24, 2.45) is 0 Å². The van der Waals surface area contributed by atoms with E-state index in [1.54, 1.807) is 29.2 Å². The summed E-state index contributed by atoms with van der Waals surface area (Å²) in [5, 5.41) is 17.0. The molecule has 0 aliphatic heterocycles. The molecule has 78 valence electrons. The van der Waals surface area contributed by atoms with Gasteiger partial charge in [0.25, 0.3) is 0 Å². The highest BCUT2D eigenvalue weighted by atomic mass is 35.5. The molecular weight excluding hydrogens is 252 g/mol. The summed E-state index contributed by atoms with van der Waals surface area (Å²) in [5.41, 5.74) is 0.886. The van der Waals surface area contributed by atoms with Crippen molar-refractivity contribution in [1.82, 2.24) is 20.4 Å². The third kappa shape index (κ3) is 3.12. The highest BCUT2D eigenvalue weighted by Crippen LogP contribution is 2.24. The minimum atomic E-state index is 0.413. The molecule has 0 N–H and O–H groups in total. The van der Waals surface area contributed by atoms with Crippen molar-refractivity contribution >= 4 is 34.7 Å². The minimum absolute atomic E-state index is 0.413. The van der Waals surface area contributed by atoms with Crippen LogP contribution in [0.2, 0.25) is 5.15 Å². The maximum Gasteiger partial charge on any atom is 0.174 e. The summed E-state index contributed by atoms with van der Waals surface area (Å²) in [6.07, 6.45) is 0. The number of halogens is 1. The summed E-state index contributed by atoms with van der Waals surface area (Å²) in [7, 11) is 0. The second kappa shape index (κ2) is 4.87. The molecule has 0 saturated carbocycles. The molecular formula is C8H7ClN4S2. The second-order valence-corrected chi connectivity index (χ2v) is 5.51. The smallest absolute Gasteiger partial charge is 0.153 e. The predicted molar refractivity (Wildman–Crippen MR) is 61.2 cm³/mol. The standard InChI is InChI=1S/C8H7ClN4S2/c1-5-10-13-8(15-5)14-4-6-2-3-7(9)12-11-6/h2-3H,4H2,1H3. The average Bonchev–Trinajstić information content (AvgIpc) is 2.64. The fourth-order valence-electron chi connectivity index (χ4n) is 0.893. The predicted octanol–water partition coefficient (Wildman–Crippen LogP) is 2.58. The molecule has 0 amide bonds. The summed E-state index contributed by atoms with van der Waals surface area (Å²) >= 11 is 8.81. The van der Waals surface area contributed by atoms with Crippen molar-refractivity contribution in [3.8, 4) is 0 Å². The average molecular weight is 259 g/mol. The summed E-state index contributed by atoms with van der Waals surface area (Å²) in [6, 6.07) is 3.59. The van der Waals surface area contributed by atoms with Crippen LogP contribution >= 0.6 is 34.7 Å². The second-order valence-electron chi connectivity index (χ2n) is 2.72. The fraction of sp³-hybridized carbons (Fsp3) is 0.250. The number of thioether (sulfide) groups is 1. The molecule has 7 heteroatoms. The van der Waals surface area contributed by atoms with Gasteiger partial charge in [-0.3, -0.25) is 0 Å². The van der Waals surface area contributed by atoms with Crippen LogP contribution in [0.1, 0.15) is 10.7 Å². The van der Waals surface area contributed by atoms with Gasteiger partial charge in [-0.25, -0.2) is 0 Å². The SMILES string of the molecule is Cc1nnc(SCc2ccc(Cl)nn2)s1. The monoisotopic (exact) mass is 258 g/mol. The van der Waals surface area contributed by atoms with Gasteiger partial charge < -0.3 is 0 Å². The Balaban J connectivity index is 1.96. The molecule has 0 radical (unpaired) electrons. The number of aryl methyl sites for hydroxylation is 1. The number of hydrogen-bond donors (Lipinski definition) is 0. The Labute approximate surface area is 100 Å². The molecule has 0 unspecified atom stereocenters. The molecule has 2 aromatic rings. The van der Waals surface area contributed by atoms with Gasteiger partial charge in [-0.05, 0) is 19.1 Å². The van der Waals surface area contributed by atoms with Crippen LogP contribution in [0.3, 0.4) is 0 Å². The van der Waals surface area contributed by atoms with Crippen LogP contribution in [-0.4, -0.2) is 20.4 Å². The molecule has 0 aliphatic carbocycles. The van der Waals surface area contributed by atoms with Crippen LogP contribution in [-0.2, 0) is 5.75 Å². The summed E-state index contributed by atoms with van der Waals surface area (Å²) < 4.78 is 0.948. The van der Waals surface area contributed by atoms with Gasteiger partial charge in [-0.2, -0.15) is 5.10 Å². The Morgan fingerprint density at radius 2 is 2.13 bits per heavy atom. The maximum atomic E-state index is 5.63. The Bertz CT molecular complexity index is 442. The van der Waals surface area contributed by atoms with Crippen LogP contribution in [0.15, 0.2) is 16.5 Å². The number of aromatic nitrogens is 4. The summed E-state index contributed by atoms with van der Waals surface area (Å²) in [6.45, 7) is 1.93. The lowest BCUT2D eigenvalue weighted by Crippen LogP contribution is -1.89. The molecule has 0 aliphatic rings. The topological polar surface area (TPSA) is 51.6 Å². The van der Waals surface area contributed by atoms with Crippen LogP contribution in [0, 0.1) is 6.92 Å². The quantitative estimate of drug-likeness (QED) is 0.792. The highest BCUT2D eigenvalue weighted by molar-refractivity contribution is 8.00. The van der Waals surface area contributed by atoms with E-state index in [4.69, 9.17) is 11.6 Å². The molecule has 0 bridgehead atoms. The lowest BCUT2D eigenvalue weighted by atomic mass is 10.4. The molecule has 2 aromatic heterocycles. The zero-order valence-electron chi connectivity index (χ0n) is 7.85. The van der Waals surface area contributed by atoms with Gasteiger partial charge in [0.15, 0.2) is 9.49 Å². The molecule has 15 heavy (non-hydrogen) atoms. The Morgan fingerprint density at radius 1 is 1.27 bits per heavy atom. The number of hydrogen-bond acceptors (Lipinski definition) is 6. The van der Waals surface area contributed by atoms with E-state index < -0.39 is 0 Å². The van der Waals surface area contributed by atoms with Crippen molar-refractivity contribution in [3.05, 3.63) is 28.0 Å². The van der Waals surface area contributed by atoms with Gasteiger partial charge in [0.05, 0.1) is 5.69 Å². The molecule has 0 spiro atoms. The van der Waals surface area contributed by atoms with E-state index in [2.05, 4.69) is 20.4 Å². The van der Waals surface area contributed by atoms with Crippen molar-refractivity contribution in [3.63, 3.8) is 0 Å². The van der Waals surface area contributed by atoms with Gasteiger partial charge in [0.2, 0.25) is 0 Å². The molecule has 0 saturated heterocycles. The van der Waals surface area contributed by atoms with Crippen LogP contribution in [0.5, 0.6) is 0 Å². The molecule has 2 rings (SSSR count). The van der Waals surface area contributed by atoms with Crippen LogP contribution in [0.4, 0.5) is 0 Å². The van der Waals surface area contributed by atoms with Crippen molar-refractivity contribution < 1.29 is 0 Å². The first kappa shape index (κ1) is 10.8. The molecule has 0 fully saturated rings. The normalized spacial score (nSPS) is 10.5.